The van der Waals surface area contributed by atoms with Crippen LogP contribution in [0.15, 0.2) is 24.3 Å². The molecule has 1 rings (SSSR count). The summed E-state index contributed by atoms with van der Waals surface area (Å²) in [6.45, 7) is 2.05. The van der Waals surface area contributed by atoms with E-state index in [1.807, 2.05) is 33.2 Å². The number of benzene rings is 1. The molecular weight excluding hydrogens is 192 g/mol. The molecule has 76 valence electrons. The van der Waals surface area contributed by atoms with E-state index in [9.17, 15) is 0 Å². The minimum atomic E-state index is 0.877. The summed E-state index contributed by atoms with van der Waals surface area (Å²) in [6, 6.07) is 8.22. The number of hydrogen-bond acceptors (Lipinski definition) is 2. The Bertz CT molecular complexity index is 304. The Labute approximate surface area is 90.9 Å². The molecule has 0 aromatic heterocycles. The molecule has 1 N–H and O–H groups in total. The van der Waals surface area contributed by atoms with Gasteiger partial charge >= 0.3 is 0 Å². The highest BCUT2D eigenvalue weighted by Gasteiger charge is 1.96. The van der Waals surface area contributed by atoms with E-state index in [4.69, 9.17) is 12.2 Å². The van der Waals surface area contributed by atoms with Crippen LogP contribution in [0.2, 0.25) is 0 Å². The van der Waals surface area contributed by atoms with Crippen molar-refractivity contribution in [1.82, 2.24) is 0 Å². The number of nitrogens with one attached hydrogen (secondary N) is 1. The lowest BCUT2D eigenvalue weighted by atomic mass is 10.2. The first-order valence-electron chi connectivity index (χ1n) is 4.70. The lowest BCUT2D eigenvalue weighted by Crippen LogP contribution is -2.09. The maximum atomic E-state index is 5.10. The van der Waals surface area contributed by atoms with Gasteiger partial charge < -0.3 is 10.2 Å². The van der Waals surface area contributed by atoms with Crippen molar-refractivity contribution in [2.45, 2.75) is 13.3 Å². The molecular formula is C11H16N2S. The number of anilines is 2. The molecule has 3 heteroatoms. The Morgan fingerprint density at radius 3 is 2.29 bits per heavy atom. The Balaban J connectivity index is 2.69. The van der Waals surface area contributed by atoms with Gasteiger partial charge in [-0.3, -0.25) is 0 Å². The van der Waals surface area contributed by atoms with Gasteiger partial charge in [-0.25, -0.2) is 0 Å². The van der Waals surface area contributed by atoms with Crippen LogP contribution in [-0.4, -0.2) is 19.1 Å². The third kappa shape index (κ3) is 3.00. The Morgan fingerprint density at radius 1 is 1.29 bits per heavy atom. The lowest BCUT2D eigenvalue weighted by molar-refractivity contribution is 1.13. The summed E-state index contributed by atoms with van der Waals surface area (Å²) in [5.74, 6) is 0. The normalized spacial score (nSPS) is 9.64. The second-order valence-electron chi connectivity index (χ2n) is 3.34. The van der Waals surface area contributed by atoms with Gasteiger partial charge in [0, 0.05) is 25.5 Å². The van der Waals surface area contributed by atoms with Crippen molar-refractivity contribution in [2.24, 2.45) is 0 Å². The van der Waals surface area contributed by atoms with Gasteiger partial charge in [-0.15, -0.1) is 0 Å². The molecule has 0 amide bonds. The zero-order valence-corrected chi connectivity index (χ0v) is 9.69. The predicted octanol–water partition coefficient (Wildman–Crippen LogP) is 2.90. The molecule has 1 aromatic rings. The van der Waals surface area contributed by atoms with E-state index in [2.05, 4.69) is 22.3 Å². The highest BCUT2D eigenvalue weighted by atomic mass is 32.1. The largest absolute Gasteiger partial charge is 0.378 e. The summed E-state index contributed by atoms with van der Waals surface area (Å²) in [6.07, 6.45) is 0.880. The monoisotopic (exact) mass is 208 g/mol. The smallest absolute Gasteiger partial charge is 0.0794 e. The van der Waals surface area contributed by atoms with Crippen LogP contribution in [-0.2, 0) is 0 Å². The summed E-state index contributed by atoms with van der Waals surface area (Å²) in [7, 11) is 4.05. The van der Waals surface area contributed by atoms with Gasteiger partial charge in [-0.05, 0) is 30.7 Å². The summed E-state index contributed by atoms with van der Waals surface area (Å²) in [4.78, 5) is 2.95. The summed E-state index contributed by atoms with van der Waals surface area (Å²) >= 11 is 5.10. The SMILES string of the molecule is CCC(=S)Nc1ccc(N(C)C)cc1. The second-order valence-corrected chi connectivity index (χ2v) is 3.84. The minimum absolute atomic E-state index is 0.877. The fourth-order valence-electron chi connectivity index (χ4n) is 1.09. The van der Waals surface area contributed by atoms with E-state index >= 15 is 0 Å². The van der Waals surface area contributed by atoms with E-state index in [1.54, 1.807) is 0 Å². The molecule has 0 fully saturated rings. The molecule has 0 aliphatic heterocycles. The Kier molecular flexibility index (Phi) is 3.89. The number of nitrogens with zero attached hydrogens (tertiary/aromatic N) is 1. The van der Waals surface area contributed by atoms with Crippen LogP contribution >= 0.6 is 12.2 Å². The number of thiocarbonyl (C=S) groups is 1. The average Bonchev–Trinajstić information content (AvgIpc) is 2.18. The Hall–Kier alpha value is -1.09. The zero-order valence-electron chi connectivity index (χ0n) is 8.87. The van der Waals surface area contributed by atoms with Gasteiger partial charge in [-0.2, -0.15) is 0 Å². The van der Waals surface area contributed by atoms with Crippen molar-refractivity contribution in [3.05, 3.63) is 24.3 Å². The van der Waals surface area contributed by atoms with Gasteiger partial charge in [0.25, 0.3) is 0 Å². The van der Waals surface area contributed by atoms with Crippen LogP contribution in [0.25, 0.3) is 0 Å². The van der Waals surface area contributed by atoms with E-state index in [1.165, 1.54) is 5.69 Å². The molecule has 2 nitrogen and oxygen atoms in total. The van der Waals surface area contributed by atoms with Crippen LogP contribution in [0.3, 0.4) is 0 Å². The molecule has 0 atom stereocenters. The lowest BCUT2D eigenvalue weighted by Gasteiger charge is -2.13. The molecule has 0 radical (unpaired) electrons. The first kappa shape index (κ1) is 11.0. The summed E-state index contributed by atoms with van der Waals surface area (Å²) < 4.78 is 0. The third-order valence-corrected chi connectivity index (χ3v) is 2.38. The maximum absolute atomic E-state index is 5.10. The van der Waals surface area contributed by atoms with Crippen molar-refractivity contribution in [1.29, 1.82) is 0 Å². The first-order chi connectivity index (χ1) is 6.63. The van der Waals surface area contributed by atoms with Gasteiger partial charge in [0.1, 0.15) is 0 Å². The van der Waals surface area contributed by atoms with Crippen molar-refractivity contribution in [3.8, 4) is 0 Å². The topological polar surface area (TPSA) is 15.3 Å². The van der Waals surface area contributed by atoms with Crippen LogP contribution in [0.4, 0.5) is 11.4 Å². The average molecular weight is 208 g/mol. The number of rotatable bonds is 3. The van der Waals surface area contributed by atoms with Crippen LogP contribution < -0.4 is 10.2 Å². The van der Waals surface area contributed by atoms with E-state index in [0.717, 1.165) is 17.1 Å². The quantitative estimate of drug-likeness (QED) is 0.769. The zero-order chi connectivity index (χ0) is 10.6. The minimum Gasteiger partial charge on any atom is -0.378 e. The van der Waals surface area contributed by atoms with Crippen molar-refractivity contribution >= 4 is 28.6 Å². The van der Waals surface area contributed by atoms with E-state index in [-0.39, 0.29) is 0 Å². The predicted molar refractivity (Wildman–Crippen MR) is 67.3 cm³/mol. The van der Waals surface area contributed by atoms with Gasteiger partial charge in [0.05, 0.1) is 4.99 Å². The van der Waals surface area contributed by atoms with Crippen LogP contribution in [0.5, 0.6) is 0 Å². The highest BCUT2D eigenvalue weighted by molar-refractivity contribution is 7.80. The number of hydrogen-bond donors (Lipinski definition) is 1. The molecule has 14 heavy (non-hydrogen) atoms. The van der Waals surface area contributed by atoms with Gasteiger partial charge in [0.15, 0.2) is 0 Å². The molecule has 0 unspecified atom stereocenters. The standard InChI is InChI=1S/C11H16N2S/c1-4-11(14)12-9-5-7-10(8-6-9)13(2)3/h5-8H,4H2,1-3H3,(H,12,14). The van der Waals surface area contributed by atoms with Gasteiger partial charge in [-0.1, -0.05) is 19.1 Å². The molecule has 0 spiro atoms. The fourth-order valence-corrected chi connectivity index (χ4v) is 1.21. The highest BCUT2D eigenvalue weighted by Crippen LogP contribution is 2.15. The van der Waals surface area contributed by atoms with E-state index < -0.39 is 0 Å². The van der Waals surface area contributed by atoms with E-state index in [0.29, 0.717) is 0 Å². The molecule has 0 heterocycles. The molecule has 0 saturated heterocycles. The third-order valence-electron chi connectivity index (χ3n) is 1.99. The summed E-state index contributed by atoms with van der Waals surface area (Å²) in [5, 5.41) is 3.17. The molecule has 0 aliphatic rings. The maximum Gasteiger partial charge on any atom is 0.0794 e. The molecule has 1 aromatic carbocycles. The second kappa shape index (κ2) is 4.96. The summed E-state index contributed by atoms with van der Waals surface area (Å²) in [5.41, 5.74) is 2.25. The van der Waals surface area contributed by atoms with Crippen LogP contribution in [0.1, 0.15) is 13.3 Å². The molecule has 0 saturated carbocycles. The first-order valence-corrected chi connectivity index (χ1v) is 5.11. The van der Waals surface area contributed by atoms with Gasteiger partial charge in [0.2, 0.25) is 0 Å². The van der Waals surface area contributed by atoms with Crippen molar-refractivity contribution < 1.29 is 0 Å². The van der Waals surface area contributed by atoms with Crippen molar-refractivity contribution in [2.75, 3.05) is 24.3 Å². The Morgan fingerprint density at radius 2 is 1.86 bits per heavy atom. The fraction of sp³-hybridized carbons (Fsp3) is 0.364. The molecule has 0 bridgehead atoms. The molecule has 0 aliphatic carbocycles. The van der Waals surface area contributed by atoms with Crippen LogP contribution in [0, 0.1) is 0 Å². The van der Waals surface area contributed by atoms with Crippen molar-refractivity contribution in [3.63, 3.8) is 0 Å².